The van der Waals surface area contributed by atoms with Crippen molar-refractivity contribution >= 4 is 11.9 Å². The van der Waals surface area contributed by atoms with Crippen LogP contribution in [-0.2, 0) is 24.3 Å². The monoisotopic (exact) mass is 351 g/mol. The van der Waals surface area contributed by atoms with Crippen molar-refractivity contribution in [3.63, 3.8) is 0 Å². The minimum Gasteiger partial charge on any atom is -0.352 e. The molecule has 0 aliphatic heterocycles. The molecule has 1 saturated carbocycles. The van der Waals surface area contributed by atoms with Gasteiger partial charge in [0, 0.05) is 25.6 Å². The van der Waals surface area contributed by atoms with Gasteiger partial charge in [-0.05, 0) is 36.0 Å². The van der Waals surface area contributed by atoms with Crippen molar-refractivity contribution < 1.29 is 9.59 Å². The van der Waals surface area contributed by atoms with E-state index in [1.165, 1.54) is 5.56 Å². The van der Waals surface area contributed by atoms with Crippen molar-refractivity contribution in [2.24, 2.45) is 5.92 Å². The maximum Gasteiger partial charge on any atom is 0.315 e. The zero-order valence-corrected chi connectivity index (χ0v) is 14.8. The van der Waals surface area contributed by atoms with Gasteiger partial charge in [-0.15, -0.1) is 0 Å². The average molecular weight is 351 g/mol. The van der Waals surface area contributed by atoms with Crippen molar-refractivity contribution in [1.82, 2.24) is 16.0 Å². The Morgan fingerprint density at radius 1 is 0.808 bits per heavy atom. The minimum absolute atomic E-state index is 0.145. The van der Waals surface area contributed by atoms with E-state index >= 15 is 0 Å². The maximum absolute atomic E-state index is 11.9. The molecule has 5 nitrogen and oxygen atoms in total. The molecule has 3 N–H and O–H groups in total. The fourth-order valence-corrected chi connectivity index (χ4v) is 2.74. The molecule has 1 fully saturated rings. The lowest BCUT2D eigenvalue weighted by Gasteiger charge is -2.09. The van der Waals surface area contributed by atoms with E-state index in [-0.39, 0.29) is 17.9 Å². The zero-order chi connectivity index (χ0) is 18.2. The lowest BCUT2D eigenvalue weighted by Crippen LogP contribution is -2.36. The summed E-state index contributed by atoms with van der Waals surface area (Å²) in [5, 5.41) is 8.69. The molecule has 0 radical (unpaired) electrons. The molecule has 0 saturated heterocycles. The number of urea groups is 1. The molecule has 1 aliphatic carbocycles. The molecule has 26 heavy (non-hydrogen) atoms. The zero-order valence-electron chi connectivity index (χ0n) is 14.8. The Bertz CT molecular complexity index is 742. The number of benzene rings is 2. The van der Waals surface area contributed by atoms with E-state index < -0.39 is 0 Å². The van der Waals surface area contributed by atoms with Crippen LogP contribution in [0.4, 0.5) is 4.79 Å². The molecule has 0 atom stereocenters. The van der Waals surface area contributed by atoms with E-state index in [2.05, 4.69) is 16.0 Å². The van der Waals surface area contributed by atoms with Crippen molar-refractivity contribution in [1.29, 1.82) is 0 Å². The predicted octanol–water partition coefficient (Wildman–Crippen LogP) is 2.75. The summed E-state index contributed by atoms with van der Waals surface area (Å²) in [6, 6.07) is 17.8. The second-order valence-corrected chi connectivity index (χ2v) is 6.66. The largest absolute Gasteiger partial charge is 0.352 e. The van der Waals surface area contributed by atoms with E-state index in [0.29, 0.717) is 19.6 Å². The first-order valence-electron chi connectivity index (χ1n) is 9.12. The van der Waals surface area contributed by atoms with Crippen LogP contribution in [0.25, 0.3) is 0 Å². The topological polar surface area (TPSA) is 70.2 Å². The van der Waals surface area contributed by atoms with E-state index in [1.54, 1.807) is 0 Å². The van der Waals surface area contributed by atoms with Crippen LogP contribution in [0.2, 0.25) is 0 Å². The van der Waals surface area contributed by atoms with Gasteiger partial charge in [-0.25, -0.2) is 4.79 Å². The minimum atomic E-state index is -0.173. The summed E-state index contributed by atoms with van der Waals surface area (Å²) in [6.07, 6.45) is 2.83. The molecule has 2 aromatic rings. The van der Waals surface area contributed by atoms with Crippen LogP contribution in [0.1, 0.15) is 29.5 Å². The van der Waals surface area contributed by atoms with Crippen LogP contribution in [0.15, 0.2) is 54.6 Å². The summed E-state index contributed by atoms with van der Waals surface area (Å²) in [7, 11) is 0. The summed E-state index contributed by atoms with van der Waals surface area (Å²) >= 11 is 0. The molecule has 0 unspecified atom stereocenters. The van der Waals surface area contributed by atoms with Crippen molar-refractivity contribution in [2.45, 2.75) is 32.4 Å². The Balaban J connectivity index is 1.37. The smallest absolute Gasteiger partial charge is 0.315 e. The molecule has 0 aromatic heterocycles. The van der Waals surface area contributed by atoms with E-state index in [9.17, 15) is 9.59 Å². The molecular formula is C21H25N3O2. The number of carbonyl (C=O) groups excluding carboxylic acids is 2. The first kappa shape index (κ1) is 18.0. The highest BCUT2D eigenvalue weighted by atomic mass is 16.2. The van der Waals surface area contributed by atoms with Crippen LogP contribution in [0.5, 0.6) is 0 Å². The van der Waals surface area contributed by atoms with Gasteiger partial charge in [0.15, 0.2) is 0 Å². The van der Waals surface area contributed by atoms with Crippen molar-refractivity contribution in [2.75, 3.05) is 6.54 Å². The Labute approximate surface area is 154 Å². The second kappa shape index (κ2) is 9.04. The number of nitrogens with one attached hydrogen (secondary N) is 3. The normalized spacial score (nSPS) is 13.1. The van der Waals surface area contributed by atoms with Gasteiger partial charge >= 0.3 is 6.03 Å². The summed E-state index contributed by atoms with van der Waals surface area (Å²) in [4.78, 5) is 23.6. The van der Waals surface area contributed by atoms with Gasteiger partial charge in [0.2, 0.25) is 5.91 Å². The molecule has 2 aromatic carbocycles. The molecule has 136 valence electrons. The Kier molecular flexibility index (Phi) is 6.25. The van der Waals surface area contributed by atoms with Gasteiger partial charge < -0.3 is 16.0 Å². The third-order valence-corrected chi connectivity index (χ3v) is 4.40. The van der Waals surface area contributed by atoms with Crippen LogP contribution < -0.4 is 16.0 Å². The first-order chi connectivity index (χ1) is 12.7. The molecule has 0 heterocycles. The van der Waals surface area contributed by atoms with Crippen LogP contribution in [0, 0.1) is 5.92 Å². The Morgan fingerprint density at radius 3 is 2.15 bits per heavy atom. The van der Waals surface area contributed by atoms with E-state index in [4.69, 9.17) is 0 Å². The van der Waals surface area contributed by atoms with Gasteiger partial charge in [0.1, 0.15) is 0 Å². The van der Waals surface area contributed by atoms with E-state index in [0.717, 1.165) is 30.4 Å². The third-order valence-electron chi connectivity index (χ3n) is 4.40. The highest BCUT2D eigenvalue weighted by Gasteiger charge is 2.29. The van der Waals surface area contributed by atoms with Crippen LogP contribution in [-0.4, -0.2) is 18.5 Å². The lowest BCUT2D eigenvalue weighted by molar-refractivity contribution is -0.122. The Morgan fingerprint density at radius 2 is 1.46 bits per heavy atom. The lowest BCUT2D eigenvalue weighted by atomic mass is 10.1. The SMILES string of the molecule is O=C(NCCc1ccccc1)NCc1cccc(CNC(=O)C2CC2)c1. The van der Waals surface area contributed by atoms with Gasteiger partial charge in [0.25, 0.3) is 0 Å². The molecular weight excluding hydrogens is 326 g/mol. The van der Waals surface area contributed by atoms with Gasteiger partial charge in [-0.1, -0.05) is 54.6 Å². The van der Waals surface area contributed by atoms with Crippen molar-refractivity contribution in [3.05, 3.63) is 71.3 Å². The van der Waals surface area contributed by atoms with Crippen LogP contribution in [0.3, 0.4) is 0 Å². The van der Waals surface area contributed by atoms with Gasteiger partial charge in [0.05, 0.1) is 0 Å². The fourth-order valence-electron chi connectivity index (χ4n) is 2.74. The van der Waals surface area contributed by atoms with Gasteiger partial charge in [-0.3, -0.25) is 4.79 Å². The Hall–Kier alpha value is -2.82. The number of hydrogen-bond acceptors (Lipinski definition) is 2. The number of rotatable bonds is 8. The fraction of sp³-hybridized carbons (Fsp3) is 0.333. The number of hydrogen-bond donors (Lipinski definition) is 3. The summed E-state index contributed by atoms with van der Waals surface area (Å²) in [6.45, 7) is 1.59. The maximum atomic E-state index is 11.9. The highest BCUT2D eigenvalue weighted by Crippen LogP contribution is 2.28. The molecule has 3 rings (SSSR count). The molecule has 3 amide bonds. The molecule has 0 spiro atoms. The average Bonchev–Trinajstić information content (AvgIpc) is 3.51. The number of carbonyl (C=O) groups is 2. The quantitative estimate of drug-likeness (QED) is 0.684. The first-order valence-corrected chi connectivity index (χ1v) is 9.12. The second-order valence-electron chi connectivity index (χ2n) is 6.66. The standard InChI is InChI=1S/C21H25N3O2/c25-20(19-9-10-19)23-14-17-7-4-8-18(13-17)15-24-21(26)22-12-11-16-5-2-1-3-6-16/h1-8,13,19H,9-12,14-15H2,(H,23,25)(H2,22,24,26). The molecule has 5 heteroatoms. The van der Waals surface area contributed by atoms with Gasteiger partial charge in [-0.2, -0.15) is 0 Å². The van der Waals surface area contributed by atoms with Crippen LogP contribution >= 0.6 is 0 Å². The summed E-state index contributed by atoms with van der Waals surface area (Å²) < 4.78 is 0. The highest BCUT2D eigenvalue weighted by molar-refractivity contribution is 5.80. The predicted molar refractivity (Wildman–Crippen MR) is 101 cm³/mol. The molecule has 0 bridgehead atoms. The number of amides is 3. The molecule has 1 aliphatic rings. The van der Waals surface area contributed by atoms with E-state index in [1.807, 2.05) is 54.6 Å². The summed E-state index contributed by atoms with van der Waals surface area (Å²) in [5.74, 6) is 0.366. The van der Waals surface area contributed by atoms with Crippen molar-refractivity contribution in [3.8, 4) is 0 Å². The third kappa shape index (κ3) is 5.92. The summed E-state index contributed by atoms with van der Waals surface area (Å²) in [5.41, 5.74) is 3.26.